The zero-order chi connectivity index (χ0) is 13.2. The molecule has 18 heavy (non-hydrogen) atoms. The number of benzene rings is 1. The Balaban J connectivity index is 2.05. The van der Waals surface area contributed by atoms with E-state index in [1.165, 1.54) is 0 Å². The van der Waals surface area contributed by atoms with E-state index in [0.717, 1.165) is 35.2 Å². The summed E-state index contributed by atoms with van der Waals surface area (Å²) in [5, 5.41) is 0. The third kappa shape index (κ3) is 3.70. The summed E-state index contributed by atoms with van der Waals surface area (Å²) in [4.78, 5) is 2.18. The van der Waals surface area contributed by atoms with Crippen LogP contribution < -0.4 is 5.73 Å². The summed E-state index contributed by atoms with van der Waals surface area (Å²) in [6, 6.07) is 5.73. The van der Waals surface area contributed by atoms with E-state index >= 15 is 0 Å². The molecular formula is C12H17BrN2O2S. The first-order valence-corrected chi connectivity index (χ1v) is 8.54. The van der Waals surface area contributed by atoms with Crippen molar-refractivity contribution in [1.82, 2.24) is 4.90 Å². The zero-order valence-corrected chi connectivity index (χ0v) is 12.5. The molecule has 0 radical (unpaired) electrons. The van der Waals surface area contributed by atoms with Crippen LogP contribution in [0.15, 0.2) is 22.7 Å². The molecule has 0 aliphatic carbocycles. The molecule has 6 heteroatoms. The fourth-order valence-corrected chi connectivity index (χ4v) is 3.91. The molecule has 0 bridgehead atoms. The Morgan fingerprint density at radius 2 is 2.06 bits per heavy atom. The summed E-state index contributed by atoms with van der Waals surface area (Å²) in [7, 11) is -2.83. The van der Waals surface area contributed by atoms with Crippen molar-refractivity contribution in [3.8, 4) is 0 Å². The van der Waals surface area contributed by atoms with E-state index in [2.05, 4.69) is 20.8 Å². The molecule has 4 nitrogen and oxygen atoms in total. The van der Waals surface area contributed by atoms with Gasteiger partial charge in [0, 0.05) is 23.2 Å². The van der Waals surface area contributed by atoms with Gasteiger partial charge in [-0.05, 0) is 30.7 Å². The first-order chi connectivity index (χ1) is 8.46. The van der Waals surface area contributed by atoms with Crippen LogP contribution in [-0.2, 0) is 16.4 Å². The molecule has 0 aromatic heterocycles. The highest BCUT2D eigenvalue weighted by Crippen LogP contribution is 2.22. The monoisotopic (exact) mass is 332 g/mol. The molecule has 1 saturated heterocycles. The van der Waals surface area contributed by atoms with Gasteiger partial charge in [0.05, 0.1) is 11.5 Å². The maximum Gasteiger partial charge on any atom is 0.151 e. The number of nitrogen functional groups attached to an aromatic ring is 1. The number of hydrogen-bond donors (Lipinski definition) is 1. The van der Waals surface area contributed by atoms with E-state index in [9.17, 15) is 8.42 Å². The first kappa shape index (κ1) is 13.8. The van der Waals surface area contributed by atoms with Gasteiger partial charge in [-0.2, -0.15) is 0 Å². The third-order valence-electron chi connectivity index (χ3n) is 3.12. The van der Waals surface area contributed by atoms with Gasteiger partial charge in [0.2, 0.25) is 0 Å². The second-order valence-electron chi connectivity index (χ2n) is 4.63. The lowest BCUT2D eigenvalue weighted by Crippen LogP contribution is -2.26. The maximum atomic E-state index is 11.5. The molecular weight excluding hydrogens is 316 g/mol. The predicted molar refractivity (Wildman–Crippen MR) is 77.1 cm³/mol. The van der Waals surface area contributed by atoms with Crippen LogP contribution in [-0.4, -0.2) is 37.9 Å². The number of sulfone groups is 1. The fourth-order valence-electron chi connectivity index (χ4n) is 2.08. The Bertz CT molecular complexity index is 531. The van der Waals surface area contributed by atoms with E-state index < -0.39 is 9.84 Å². The molecule has 2 rings (SSSR count). The molecule has 1 fully saturated rings. The van der Waals surface area contributed by atoms with E-state index in [1.807, 2.05) is 18.2 Å². The lowest BCUT2D eigenvalue weighted by molar-refractivity contribution is 0.287. The Morgan fingerprint density at radius 3 is 2.78 bits per heavy atom. The topological polar surface area (TPSA) is 63.4 Å². The molecule has 0 amide bonds. The van der Waals surface area contributed by atoms with Gasteiger partial charge < -0.3 is 5.73 Å². The number of nitrogens with two attached hydrogens (primary N) is 1. The fraction of sp³-hybridized carbons (Fsp3) is 0.500. The summed E-state index contributed by atoms with van der Waals surface area (Å²) >= 11 is 3.49. The molecule has 0 unspecified atom stereocenters. The molecule has 1 heterocycles. The normalized spacial score (nSPS) is 20.5. The molecule has 1 aromatic carbocycles. The van der Waals surface area contributed by atoms with Gasteiger partial charge in [0.1, 0.15) is 0 Å². The van der Waals surface area contributed by atoms with Gasteiger partial charge in [-0.25, -0.2) is 8.42 Å². The van der Waals surface area contributed by atoms with Crippen molar-refractivity contribution in [2.45, 2.75) is 13.0 Å². The zero-order valence-electron chi connectivity index (χ0n) is 10.1. The van der Waals surface area contributed by atoms with Crippen LogP contribution >= 0.6 is 15.9 Å². The second-order valence-corrected chi connectivity index (χ2v) is 7.79. The number of hydrogen-bond acceptors (Lipinski definition) is 4. The largest absolute Gasteiger partial charge is 0.399 e. The first-order valence-electron chi connectivity index (χ1n) is 5.93. The summed E-state index contributed by atoms with van der Waals surface area (Å²) in [6.45, 7) is 2.20. The maximum absolute atomic E-state index is 11.5. The Morgan fingerprint density at radius 1 is 1.28 bits per heavy atom. The Kier molecular flexibility index (Phi) is 4.29. The van der Waals surface area contributed by atoms with Crippen LogP contribution in [0.2, 0.25) is 0 Å². The van der Waals surface area contributed by atoms with Crippen LogP contribution in [0.25, 0.3) is 0 Å². The molecule has 0 atom stereocenters. The van der Waals surface area contributed by atoms with Gasteiger partial charge in [-0.3, -0.25) is 4.90 Å². The minimum Gasteiger partial charge on any atom is -0.399 e. The van der Waals surface area contributed by atoms with Gasteiger partial charge in [-0.15, -0.1) is 0 Å². The summed E-state index contributed by atoms with van der Waals surface area (Å²) in [5.41, 5.74) is 7.57. The van der Waals surface area contributed by atoms with Gasteiger partial charge in [0.25, 0.3) is 0 Å². The quantitative estimate of drug-likeness (QED) is 0.836. The van der Waals surface area contributed by atoms with Crippen LogP contribution in [0.1, 0.15) is 12.0 Å². The highest BCUT2D eigenvalue weighted by molar-refractivity contribution is 9.10. The van der Waals surface area contributed by atoms with E-state index in [0.29, 0.717) is 12.3 Å². The lowest BCUT2D eigenvalue weighted by atomic mass is 10.2. The summed E-state index contributed by atoms with van der Waals surface area (Å²) < 4.78 is 24.0. The Hall–Kier alpha value is -0.590. The van der Waals surface area contributed by atoms with Gasteiger partial charge >= 0.3 is 0 Å². The number of anilines is 1. The number of nitrogens with zero attached hydrogens (tertiary/aromatic N) is 1. The number of halogens is 1. The second kappa shape index (κ2) is 5.59. The summed E-state index contributed by atoms with van der Waals surface area (Å²) in [6.07, 6.45) is 0.717. The van der Waals surface area contributed by atoms with Crippen LogP contribution in [0.4, 0.5) is 5.69 Å². The molecule has 0 saturated carbocycles. The molecule has 1 aliphatic rings. The van der Waals surface area contributed by atoms with Crippen LogP contribution in [0.5, 0.6) is 0 Å². The van der Waals surface area contributed by atoms with E-state index in [1.54, 1.807) is 0 Å². The van der Waals surface area contributed by atoms with Crippen molar-refractivity contribution in [2.24, 2.45) is 0 Å². The molecule has 0 spiro atoms. The molecule has 2 N–H and O–H groups in total. The Labute approximate surface area is 116 Å². The SMILES string of the molecule is Nc1ccc(CN2CCCS(=O)(=O)CC2)c(Br)c1. The predicted octanol–water partition coefficient (Wildman–Crippen LogP) is 1.65. The van der Waals surface area contributed by atoms with Crippen molar-refractivity contribution in [3.05, 3.63) is 28.2 Å². The number of rotatable bonds is 2. The average Bonchev–Trinajstić information content (AvgIpc) is 2.44. The standard InChI is InChI=1S/C12H17BrN2O2S/c13-12-8-11(14)3-2-10(12)9-15-4-1-6-18(16,17)7-5-15/h2-3,8H,1,4-7,9,14H2. The van der Waals surface area contributed by atoms with Crippen molar-refractivity contribution in [3.63, 3.8) is 0 Å². The van der Waals surface area contributed by atoms with Gasteiger partial charge in [0.15, 0.2) is 9.84 Å². The minimum absolute atomic E-state index is 0.263. The smallest absolute Gasteiger partial charge is 0.151 e. The van der Waals surface area contributed by atoms with Gasteiger partial charge in [-0.1, -0.05) is 22.0 Å². The molecule has 100 valence electrons. The van der Waals surface area contributed by atoms with Crippen molar-refractivity contribution >= 4 is 31.5 Å². The van der Waals surface area contributed by atoms with Crippen molar-refractivity contribution < 1.29 is 8.42 Å². The van der Waals surface area contributed by atoms with Crippen LogP contribution in [0.3, 0.4) is 0 Å². The average molecular weight is 333 g/mol. The molecule has 1 aliphatic heterocycles. The highest BCUT2D eigenvalue weighted by atomic mass is 79.9. The van der Waals surface area contributed by atoms with Crippen molar-refractivity contribution in [2.75, 3.05) is 30.3 Å². The van der Waals surface area contributed by atoms with Crippen LogP contribution in [0, 0.1) is 0 Å². The van der Waals surface area contributed by atoms with E-state index in [4.69, 9.17) is 5.73 Å². The molecule has 1 aromatic rings. The van der Waals surface area contributed by atoms with E-state index in [-0.39, 0.29) is 5.75 Å². The highest BCUT2D eigenvalue weighted by Gasteiger charge is 2.19. The third-order valence-corrected chi connectivity index (χ3v) is 5.57. The minimum atomic E-state index is -2.83. The summed E-state index contributed by atoms with van der Waals surface area (Å²) in [5.74, 6) is 0.575. The lowest BCUT2D eigenvalue weighted by Gasteiger charge is -2.20. The van der Waals surface area contributed by atoms with Crippen molar-refractivity contribution in [1.29, 1.82) is 0 Å².